The van der Waals surface area contributed by atoms with Crippen molar-refractivity contribution in [1.29, 1.82) is 0 Å². The minimum absolute atomic E-state index is 0.0197. The Balaban J connectivity index is 2.52. The molecule has 0 bridgehead atoms. The monoisotopic (exact) mass is 141 g/mol. The van der Waals surface area contributed by atoms with E-state index in [1.807, 2.05) is 19.1 Å². The highest BCUT2D eigenvalue weighted by molar-refractivity contribution is 5.79. The Morgan fingerprint density at radius 2 is 2.50 bits per heavy atom. The molecular weight excluding hydrogens is 130 g/mol. The van der Waals surface area contributed by atoms with Gasteiger partial charge in [-0.05, 0) is 6.92 Å². The normalized spacial score (nSPS) is 32.1. The van der Waals surface area contributed by atoms with Crippen molar-refractivity contribution in [2.45, 2.75) is 25.6 Å². The van der Waals surface area contributed by atoms with Crippen LogP contribution in [0.3, 0.4) is 0 Å². The lowest BCUT2D eigenvalue weighted by atomic mass is 10.1. The lowest BCUT2D eigenvalue weighted by molar-refractivity contribution is -0.131. The third kappa shape index (κ3) is 1.57. The number of carbonyl (C=O) groups is 1. The highest BCUT2D eigenvalue weighted by Gasteiger charge is 2.19. The summed E-state index contributed by atoms with van der Waals surface area (Å²) in [5.74, 6) is -0.379. The van der Waals surface area contributed by atoms with Gasteiger partial charge in [-0.2, -0.15) is 0 Å². The van der Waals surface area contributed by atoms with Crippen molar-refractivity contribution in [2.24, 2.45) is 5.73 Å². The summed E-state index contributed by atoms with van der Waals surface area (Å²) in [6, 6.07) is 0. The quantitative estimate of drug-likeness (QED) is 0.530. The fraction of sp³-hybridized carbons (Fsp3) is 0.571. The first-order chi connectivity index (χ1) is 4.70. The molecule has 1 heterocycles. The Kier molecular flexibility index (Phi) is 2.06. The maximum absolute atomic E-state index is 10.6. The van der Waals surface area contributed by atoms with Gasteiger partial charge in [0.25, 0.3) is 0 Å². The molecule has 0 radical (unpaired) electrons. The summed E-state index contributed by atoms with van der Waals surface area (Å²) in [5.41, 5.74) is 5.03. The summed E-state index contributed by atoms with van der Waals surface area (Å²) in [7, 11) is 0. The van der Waals surface area contributed by atoms with Crippen molar-refractivity contribution in [1.82, 2.24) is 0 Å². The van der Waals surface area contributed by atoms with E-state index in [9.17, 15) is 4.79 Å². The van der Waals surface area contributed by atoms with E-state index < -0.39 is 6.10 Å². The second kappa shape index (κ2) is 2.84. The minimum Gasteiger partial charge on any atom is -0.367 e. The van der Waals surface area contributed by atoms with Gasteiger partial charge < -0.3 is 10.5 Å². The van der Waals surface area contributed by atoms with Crippen molar-refractivity contribution in [2.75, 3.05) is 0 Å². The Bertz CT molecular complexity index is 165. The summed E-state index contributed by atoms with van der Waals surface area (Å²) in [6.45, 7) is 1.88. The number of hydrogen-bond acceptors (Lipinski definition) is 2. The van der Waals surface area contributed by atoms with Crippen molar-refractivity contribution >= 4 is 5.91 Å². The second-order valence-corrected chi connectivity index (χ2v) is 2.40. The molecule has 0 fully saturated rings. The van der Waals surface area contributed by atoms with Crippen molar-refractivity contribution in [3.63, 3.8) is 0 Å². The Hall–Kier alpha value is -0.830. The van der Waals surface area contributed by atoms with Gasteiger partial charge in [-0.1, -0.05) is 12.2 Å². The Labute approximate surface area is 59.8 Å². The average Bonchev–Trinajstić information content (AvgIpc) is 1.88. The number of hydrogen-bond donors (Lipinski definition) is 1. The topological polar surface area (TPSA) is 52.3 Å². The van der Waals surface area contributed by atoms with Gasteiger partial charge >= 0.3 is 0 Å². The van der Waals surface area contributed by atoms with Gasteiger partial charge in [0.1, 0.15) is 6.10 Å². The van der Waals surface area contributed by atoms with E-state index in [0.29, 0.717) is 6.42 Å². The molecule has 0 aromatic carbocycles. The first-order valence-electron chi connectivity index (χ1n) is 3.31. The largest absolute Gasteiger partial charge is 0.367 e. The molecule has 0 aliphatic carbocycles. The van der Waals surface area contributed by atoms with Crippen LogP contribution in [0.25, 0.3) is 0 Å². The second-order valence-electron chi connectivity index (χ2n) is 2.40. The van der Waals surface area contributed by atoms with Crippen LogP contribution in [-0.2, 0) is 9.53 Å². The maximum Gasteiger partial charge on any atom is 0.246 e. The molecule has 10 heavy (non-hydrogen) atoms. The SMILES string of the molecule is C[C@@H]1C=CC[C@@H](C(N)=O)O1. The lowest BCUT2D eigenvalue weighted by Gasteiger charge is -2.20. The van der Waals surface area contributed by atoms with Crippen LogP contribution in [0.4, 0.5) is 0 Å². The summed E-state index contributed by atoms with van der Waals surface area (Å²) in [6.07, 6.45) is 4.05. The van der Waals surface area contributed by atoms with Gasteiger partial charge in [0.2, 0.25) is 5.91 Å². The number of primary amides is 1. The number of amides is 1. The third-order valence-corrected chi connectivity index (χ3v) is 1.45. The highest BCUT2D eigenvalue weighted by atomic mass is 16.5. The predicted molar refractivity (Wildman–Crippen MR) is 37.3 cm³/mol. The van der Waals surface area contributed by atoms with Gasteiger partial charge in [0, 0.05) is 6.42 Å². The van der Waals surface area contributed by atoms with E-state index in [4.69, 9.17) is 10.5 Å². The highest BCUT2D eigenvalue weighted by Crippen LogP contribution is 2.10. The molecule has 1 amide bonds. The molecule has 0 saturated carbocycles. The molecule has 3 heteroatoms. The summed E-state index contributed by atoms with van der Waals surface area (Å²) >= 11 is 0. The van der Waals surface area contributed by atoms with E-state index in [-0.39, 0.29) is 12.0 Å². The Morgan fingerprint density at radius 1 is 1.80 bits per heavy atom. The molecule has 0 saturated heterocycles. The van der Waals surface area contributed by atoms with Crippen molar-refractivity contribution < 1.29 is 9.53 Å². The summed E-state index contributed by atoms with van der Waals surface area (Å²) in [5, 5.41) is 0. The number of carbonyl (C=O) groups excluding carboxylic acids is 1. The molecule has 1 aliphatic rings. The van der Waals surface area contributed by atoms with Gasteiger partial charge in [-0.15, -0.1) is 0 Å². The molecule has 3 nitrogen and oxygen atoms in total. The zero-order valence-corrected chi connectivity index (χ0v) is 5.91. The number of nitrogens with two attached hydrogens (primary N) is 1. The maximum atomic E-state index is 10.6. The van der Waals surface area contributed by atoms with Crippen LogP contribution in [0.5, 0.6) is 0 Å². The fourth-order valence-electron chi connectivity index (χ4n) is 0.937. The van der Waals surface area contributed by atoms with Gasteiger partial charge in [-0.25, -0.2) is 0 Å². The van der Waals surface area contributed by atoms with Gasteiger partial charge in [0.15, 0.2) is 0 Å². The summed E-state index contributed by atoms with van der Waals surface area (Å²) < 4.78 is 5.19. The van der Waals surface area contributed by atoms with Crippen molar-refractivity contribution in [3.8, 4) is 0 Å². The standard InChI is InChI=1S/C7H11NO2/c1-5-3-2-4-6(10-5)7(8)9/h2-3,5-6H,4H2,1H3,(H2,8,9)/t5-,6+/m1/s1. The molecule has 1 rings (SSSR count). The van der Waals surface area contributed by atoms with Gasteiger partial charge in [0.05, 0.1) is 6.10 Å². The van der Waals surface area contributed by atoms with Crippen LogP contribution in [0.1, 0.15) is 13.3 Å². The van der Waals surface area contributed by atoms with Crippen LogP contribution in [0.2, 0.25) is 0 Å². The smallest absolute Gasteiger partial charge is 0.246 e. The molecule has 0 aromatic rings. The molecule has 0 unspecified atom stereocenters. The van der Waals surface area contributed by atoms with E-state index >= 15 is 0 Å². The summed E-state index contributed by atoms with van der Waals surface area (Å²) in [4.78, 5) is 10.6. The fourth-order valence-corrected chi connectivity index (χ4v) is 0.937. The number of rotatable bonds is 1. The van der Waals surface area contributed by atoms with Gasteiger partial charge in [-0.3, -0.25) is 4.79 Å². The van der Waals surface area contributed by atoms with Crippen LogP contribution < -0.4 is 5.73 Å². The molecule has 0 aromatic heterocycles. The number of ether oxygens (including phenoxy) is 1. The predicted octanol–water partition coefficient (Wildman–Crippen LogP) is 0.205. The molecule has 1 aliphatic heterocycles. The minimum atomic E-state index is -0.417. The molecule has 56 valence electrons. The molecular formula is C7H11NO2. The van der Waals surface area contributed by atoms with E-state index in [0.717, 1.165) is 0 Å². The molecule has 0 spiro atoms. The lowest BCUT2D eigenvalue weighted by Crippen LogP contribution is -2.34. The van der Waals surface area contributed by atoms with E-state index in [2.05, 4.69) is 0 Å². The third-order valence-electron chi connectivity index (χ3n) is 1.45. The van der Waals surface area contributed by atoms with Crippen LogP contribution in [-0.4, -0.2) is 18.1 Å². The van der Waals surface area contributed by atoms with Crippen LogP contribution >= 0.6 is 0 Å². The average molecular weight is 141 g/mol. The molecule has 2 atom stereocenters. The van der Waals surface area contributed by atoms with E-state index in [1.165, 1.54) is 0 Å². The van der Waals surface area contributed by atoms with E-state index in [1.54, 1.807) is 0 Å². The first kappa shape index (κ1) is 7.28. The Morgan fingerprint density at radius 3 is 2.90 bits per heavy atom. The molecule has 2 N–H and O–H groups in total. The zero-order chi connectivity index (χ0) is 7.56. The van der Waals surface area contributed by atoms with Crippen LogP contribution in [0, 0.1) is 0 Å². The zero-order valence-electron chi connectivity index (χ0n) is 5.91. The first-order valence-corrected chi connectivity index (χ1v) is 3.31. The van der Waals surface area contributed by atoms with Crippen LogP contribution in [0.15, 0.2) is 12.2 Å². The van der Waals surface area contributed by atoms with Crippen molar-refractivity contribution in [3.05, 3.63) is 12.2 Å².